The van der Waals surface area contributed by atoms with Gasteiger partial charge in [0, 0.05) is 12.1 Å². The van der Waals surface area contributed by atoms with Gasteiger partial charge in [0.25, 0.3) is 0 Å². The van der Waals surface area contributed by atoms with E-state index in [-0.39, 0.29) is 29.9 Å². The zero-order chi connectivity index (χ0) is 13.8. The van der Waals surface area contributed by atoms with E-state index in [1.165, 1.54) is 6.42 Å². The monoisotopic (exact) mass is 291 g/mol. The summed E-state index contributed by atoms with van der Waals surface area (Å²) < 4.78 is 0. The predicted octanol–water partition coefficient (Wildman–Crippen LogP) is 1.64. The number of hydrogen-bond donors (Lipinski definition) is 2. The lowest BCUT2D eigenvalue weighted by atomic mass is 10.0. The molecule has 2 N–H and O–H groups in total. The van der Waals surface area contributed by atoms with Gasteiger partial charge in [-0.1, -0.05) is 6.92 Å². The van der Waals surface area contributed by atoms with Gasteiger partial charge in [0.05, 0.1) is 6.04 Å². The van der Waals surface area contributed by atoms with Gasteiger partial charge < -0.3 is 10.6 Å². The average molecular weight is 292 g/mol. The molecular weight excluding hydrogens is 262 g/mol. The molecule has 0 radical (unpaired) electrons. The van der Waals surface area contributed by atoms with Crippen LogP contribution >= 0.6 is 12.4 Å². The number of nitrogens with one attached hydrogen (secondary N) is 2. The molecule has 2 atom stereocenters. The van der Waals surface area contributed by atoms with Crippen LogP contribution in [0.3, 0.4) is 0 Å². The topological polar surface area (TPSA) is 44.4 Å². The van der Waals surface area contributed by atoms with Crippen LogP contribution in [0.4, 0.5) is 0 Å². The van der Waals surface area contributed by atoms with Gasteiger partial charge in [0.2, 0.25) is 5.91 Å². The van der Waals surface area contributed by atoms with Gasteiger partial charge in [-0.3, -0.25) is 9.69 Å². The Hall–Kier alpha value is -0.320. The van der Waals surface area contributed by atoms with Gasteiger partial charge in [-0.05, 0) is 59.7 Å². The van der Waals surface area contributed by atoms with Gasteiger partial charge in [0.15, 0.2) is 0 Å². The van der Waals surface area contributed by atoms with Crippen molar-refractivity contribution in [2.45, 2.75) is 52.1 Å². The number of rotatable bonds is 6. The third-order valence-corrected chi connectivity index (χ3v) is 4.08. The minimum Gasteiger partial charge on any atom is -0.350 e. The quantitative estimate of drug-likeness (QED) is 0.782. The molecule has 0 aliphatic carbocycles. The van der Waals surface area contributed by atoms with Crippen molar-refractivity contribution in [3.8, 4) is 0 Å². The standard InChI is InChI=1S/C14H29N3O.ClH/c1-6-14(3,4)16-13(18)11(2)17-8-7-12(10-17)9-15-5;/h11-12,15H,6-10H2,1-5H3,(H,16,18);1H. The highest BCUT2D eigenvalue weighted by atomic mass is 35.5. The fourth-order valence-electron chi connectivity index (χ4n) is 2.36. The highest BCUT2D eigenvalue weighted by Gasteiger charge is 2.30. The highest BCUT2D eigenvalue weighted by Crippen LogP contribution is 2.18. The first-order valence-corrected chi connectivity index (χ1v) is 7.10. The molecule has 0 aromatic rings. The molecule has 1 heterocycles. The molecule has 1 saturated heterocycles. The fourth-order valence-corrected chi connectivity index (χ4v) is 2.36. The van der Waals surface area contributed by atoms with E-state index in [1.807, 2.05) is 14.0 Å². The van der Waals surface area contributed by atoms with Crippen LogP contribution in [0.1, 0.15) is 40.5 Å². The van der Waals surface area contributed by atoms with E-state index in [1.54, 1.807) is 0 Å². The van der Waals surface area contributed by atoms with Gasteiger partial charge in [0.1, 0.15) is 0 Å². The van der Waals surface area contributed by atoms with Crippen molar-refractivity contribution in [2.75, 3.05) is 26.7 Å². The summed E-state index contributed by atoms with van der Waals surface area (Å²) in [7, 11) is 1.99. The molecule has 1 rings (SSSR count). The Morgan fingerprint density at radius 1 is 1.47 bits per heavy atom. The van der Waals surface area contributed by atoms with Crippen molar-refractivity contribution in [2.24, 2.45) is 5.92 Å². The number of hydrogen-bond acceptors (Lipinski definition) is 3. The summed E-state index contributed by atoms with van der Waals surface area (Å²) >= 11 is 0. The van der Waals surface area contributed by atoms with Crippen LogP contribution in [-0.4, -0.2) is 49.1 Å². The smallest absolute Gasteiger partial charge is 0.237 e. The molecule has 4 nitrogen and oxygen atoms in total. The molecule has 0 aromatic carbocycles. The second-order valence-corrected chi connectivity index (χ2v) is 6.11. The molecule has 1 amide bonds. The molecule has 0 saturated carbocycles. The summed E-state index contributed by atoms with van der Waals surface area (Å²) in [6.07, 6.45) is 2.14. The largest absolute Gasteiger partial charge is 0.350 e. The molecule has 1 fully saturated rings. The molecule has 0 bridgehead atoms. The lowest BCUT2D eigenvalue weighted by Crippen LogP contribution is -2.51. The van der Waals surface area contributed by atoms with Crippen molar-refractivity contribution in [3.05, 3.63) is 0 Å². The first-order valence-electron chi connectivity index (χ1n) is 7.10. The number of halogens is 1. The van der Waals surface area contributed by atoms with E-state index < -0.39 is 0 Å². The van der Waals surface area contributed by atoms with Crippen LogP contribution in [0.25, 0.3) is 0 Å². The first-order chi connectivity index (χ1) is 8.39. The molecule has 114 valence electrons. The van der Waals surface area contributed by atoms with Crippen LogP contribution in [0, 0.1) is 5.92 Å². The molecule has 1 aliphatic heterocycles. The van der Waals surface area contributed by atoms with Gasteiger partial charge in [-0.25, -0.2) is 0 Å². The van der Waals surface area contributed by atoms with E-state index in [0.29, 0.717) is 5.92 Å². The number of amides is 1. The van der Waals surface area contributed by atoms with Crippen molar-refractivity contribution in [1.82, 2.24) is 15.5 Å². The predicted molar refractivity (Wildman–Crippen MR) is 82.8 cm³/mol. The third-order valence-electron chi connectivity index (χ3n) is 4.08. The molecule has 1 aliphatic rings. The normalized spacial score (nSPS) is 21.8. The molecule has 5 heteroatoms. The van der Waals surface area contributed by atoms with E-state index in [2.05, 4.69) is 36.3 Å². The molecule has 0 aromatic heterocycles. The second kappa shape index (κ2) is 8.08. The number of nitrogens with zero attached hydrogens (tertiary/aromatic N) is 1. The minimum absolute atomic E-state index is 0. The van der Waals surface area contributed by atoms with E-state index in [4.69, 9.17) is 0 Å². The summed E-state index contributed by atoms with van der Waals surface area (Å²) in [6, 6.07) is -0.0160. The van der Waals surface area contributed by atoms with E-state index >= 15 is 0 Å². The Labute approximate surface area is 124 Å². The minimum atomic E-state index is -0.102. The molecule has 0 spiro atoms. The lowest BCUT2D eigenvalue weighted by Gasteiger charge is -2.30. The van der Waals surface area contributed by atoms with Crippen molar-refractivity contribution >= 4 is 18.3 Å². The Bertz CT molecular complexity index is 284. The SMILES string of the molecule is CCC(C)(C)NC(=O)C(C)N1CCC(CNC)C1.Cl. The van der Waals surface area contributed by atoms with Gasteiger partial charge in [-0.2, -0.15) is 0 Å². The lowest BCUT2D eigenvalue weighted by molar-refractivity contribution is -0.127. The zero-order valence-electron chi connectivity index (χ0n) is 13.0. The summed E-state index contributed by atoms with van der Waals surface area (Å²) in [5.74, 6) is 0.844. The summed E-state index contributed by atoms with van der Waals surface area (Å²) in [4.78, 5) is 14.5. The van der Waals surface area contributed by atoms with Crippen molar-refractivity contribution in [3.63, 3.8) is 0 Å². The Kier molecular flexibility index (Phi) is 7.94. The fraction of sp³-hybridized carbons (Fsp3) is 0.929. The highest BCUT2D eigenvalue weighted by molar-refractivity contribution is 5.85. The number of likely N-dealkylation sites (tertiary alicyclic amines) is 1. The second-order valence-electron chi connectivity index (χ2n) is 6.11. The zero-order valence-corrected chi connectivity index (χ0v) is 13.8. The maximum atomic E-state index is 12.2. The summed E-state index contributed by atoms with van der Waals surface area (Å²) in [5.41, 5.74) is -0.102. The van der Waals surface area contributed by atoms with Crippen LogP contribution < -0.4 is 10.6 Å². The molecule has 19 heavy (non-hydrogen) atoms. The van der Waals surface area contributed by atoms with Gasteiger partial charge >= 0.3 is 0 Å². The number of carbonyl (C=O) groups excluding carboxylic acids is 1. The van der Waals surface area contributed by atoms with Crippen molar-refractivity contribution in [1.29, 1.82) is 0 Å². The Morgan fingerprint density at radius 2 is 2.11 bits per heavy atom. The van der Waals surface area contributed by atoms with Crippen LogP contribution in [0.5, 0.6) is 0 Å². The van der Waals surface area contributed by atoms with Crippen LogP contribution in [0.15, 0.2) is 0 Å². The maximum Gasteiger partial charge on any atom is 0.237 e. The first kappa shape index (κ1) is 18.7. The Balaban J connectivity index is 0.00000324. The summed E-state index contributed by atoms with van der Waals surface area (Å²) in [5, 5.41) is 6.35. The molecule has 2 unspecified atom stereocenters. The Morgan fingerprint density at radius 3 is 2.63 bits per heavy atom. The maximum absolute atomic E-state index is 12.2. The summed E-state index contributed by atoms with van der Waals surface area (Å²) in [6.45, 7) is 11.4. The van der Waals surface area contributed by atoms with Gasteiger partial charge in [-0.15, -0.1) is 12.4 Å². The van der Waals surface area contributed by atoms with E-state index in [0.717, 1.165) is 26.1 Å². The van der Waals surface area contributed by atoms with Crippen LogP contribution in [-0.2, 0) is 4.79 Å². The van der Waals surface area contributed by atoms with E-state index in [9.17, 15) is 4.79 Å². The average Bonchev–Trinajstić information content (AvgIpc) is 2.76. The van der Waals surface area contributed by atoms with Crippen molar-refractivity contribution < 1.29 is 4.79 Å². The third kappa shape index (κ3) is 5.67. The van der Waals surface area contributed by atoms with Crippen LogP contribution in [0.2, 0.25) is 0 Å². The molecular formula is C14H30ClN3O. The number of carbonyl (C=O) groups is 1.